The summed E-state index contributed by atoms with van der Waals surface area (Å²) in [5.41, 5.74) is -1.09. The molecule has 1 saturated carbocycles. The first-order valence-corrected chi connectivity index (χ1v) is 6.52. The number of piperidine rings is 1. The molecule has 2 rings (SSSR count). The standard InChI is InChI=1S/C13H21NO3/c1-9-4-7-14(10(2)8-9)11(15)13(12(16)17)5-3-6-13/h9-10H,3-8H2,1-2H3,(H,16,17). The van der Waals surface area contributed by atoms with E-state index in [9.17, 15) is 14.7 Å². The van der Waals surface area contributed by atoms with E-state index in [1.165, 1.54) is 0 Å². The van der Waals surface area contributed by atoms with Gasteiger partial charge in [0, 0.05) is 12.6 Å². The second kappa shape index (κ2) is 4.31. The molecule has 0 radical (unpaired) electrons. The molecule has 1 amide bonds. The van der Waals surface area contributed by atoms with Crippen molar-refractivity contribution in [1.82, 2.24) is 4.90 Å². The largest absolute Gasteiger partial charge is 0.480 e. The van der Waals surface area contributed by atoms with Crippen molar-refractivity contribution in [3.8, 4) is 0 Å². The van der Waals surface area contributed by atoms with Gasteiger partial charge in [-0.2, -0.15) is 0 Å². The smallest absolute Gasteiger partial charge is 0.319 e. The third-order valence-electron chi connectivity index (χ3n) is 4.43. The number of likely N-dealkylation sites (tertiary alicyclic amines) is 1. The highest BCUT2D eigenvalue weighted by Crippen LogP contribution is 2.44. The van der Waals surface area contributed by atoms with Crippen LogP contribution in [0.4, 0.5) is 0 Å². The van der Waals surface area contributed by atoms with Crippen LogP contribution in [0.1, 0.15) is 46.0 Å². The van der Waals surface area contributed by atoms with Gasteiger partial charge in [0.1, 0.15) is 5.41 Å². The Morgan fingerprint density at radius 3 is 2.35 bits per heavy atom. The molecule has 0 aromatic heterocycles. The van der Waals surface area contributed by atoms with E-state index in [-0.39, 0.29) is 11.9 Å². The van der Waals surface area contributed by atoms with Crippen molar-refractivity contribution in [2.45, 2.75) is 52.0 Å². The van der Waals surface area contributed by atoms with Gasteiger partial charge in [0.15, 0.2) is 0 Å². The summed E-state index contributed by atoms with van der Waals surface area (Å²) >= 11 is 0. The molecule has 4 nitrogen and oxygen atoms in total. The van der Waals surface area contributed by atoms with Crippen LogP contribution >= 0.6 is 0 Å². The predicted octanol–water partition coefficient (Wildman–Crippen LogP) is 1.89. The highest BCUT2D eigenvalue weighted by Gasteiger charge is 2.53. The number of hydrogen-bond donors (Lipinski definition) is 1. The molecule has 2 aliphatic rings. The van der Waals surface area contributed by atoms with Gasteiger partial charge in [-0.3, -0.25) is 9.59 Å². The number of carboxylic acids is 1. The number of nitrogens with zero attached hydrogens (tertiary/aromatic N) is 1. The summed E-state index contributed by atoms with van der Waals surface area (Å²) in [6, 6.07) is 0.183. The summed E-state index contributed by atoms with van der Waals surface area (Å²) in [4.78, 5) is 25.5. The van der Waals surface area contributed by atoms with Gasteiger partial charge in [-0.15, -0.1) is 0 Å². The Kier molecular flexibility index (Phi) is 3.15. The van der Waals surface area contributed by atoms with Gasteiger partial charge < -0.3 is 10.0 Å². The highest BCUT2D eigenvalue weighted by molar-refractivity contribution is 6.03. The normalized spacial score (nSPS) is 31.8. The molecule has 0 spiro atoms. The van der Waals surface area contributed by atoms with E-state index in [4.69, 9.17) is 0 Å². The fourth-order valence-corrected chi connectivity index (χ4v) is 3.03. The van der Waals surface area contributed by atoms with Crippen molar-refractivity contribution < 1.29 is 14.7 Å². The molecule has 1 aliphatic carbocycles. The SMILES string of the molecule is CC1CCN(C(=O)C2(C(=O)O)CCC2)C(C)C1. The first-order valence-electron chi connectivity index (χ1n) is 6.52. The molecule has 96 valence electrons. The molecule has 2 fully saturated rings. The Bertz CT molecular complexity index is 336. The first kappa shape index (κ1) is 12.4. The predicted molar refractivity (Wildman–Crippen MR) is 63.5 cm³/mol. The zero-order valence-corrected chi connectivity index (χ0v) is 10.6. The Balaban J connectivity index is 2.11. The fraction of sp³-hybridized carbons (Fsp3) is 0.846. The molecule has 0 bridgehead atoms. The van der Waals surface area contributed by atoms with Gasteiger partial charge in [0.25, 0.3) is 0 Å². The van der Waals surface area contributed by atoms with Gasteiger partial charge in [-0.25, -0.2) is 0 Å². The minimum Gasteiger partial charge on any atom is -0.480 e. The van der Waals surface area contributed by atoms with Crippen LogP contribution in [0, 0.1) is 11.3 Å². The molecule has 1 heterocycles. The van der Waals surface area contributed by atoms with Crippen LogP contribution < -0.4 is 0 Å². The first-order chi connectivity index (χ1) is 7.97. The number of amides is 1. The molecule has 17 heavy (non-hydrogen) atoms. The van der Waals surface area contributed by atoms with E-state index in [1.807, 2.05) is 6.92 Å². The molecule has 2 atom stereocenters. The van der Waals surface area contributed by atoms with E-state index in [2.05, 4.69) is 6.92 Å². The van der Waals surface area contributed by atoms with Crippen molar-refractivity contribution in [1.29, 1.82) is 0 Å². The molecule has 1 aliphatic heterocycles. The van der Waals surface area contributed by atoms with Crippen LogP contribution in [0.3, 0.4) is 0 Å². The second-order valence-corrected chi connectivity index (χ2v) is 5.72. The van der Waals surface area contributed by atoms with Crippen molar-refractivity contribution in [2.24, 2.45) is 11.3 Å². The van der Waals surface area contributed by atoms with E-state index in [0.29, 0.717) is 18.8 Å². The minimum absolute atomic E-state index is 0.143. The van der Waals surface area contributed by atoms with Gasteiger partial charge in [-0.05, 0) is 38.5 Å². The van der Waals surface area contributed by atoms with E-state index >= 15 is 0 Å². The maximum atomic E-state index is 12.4. The van der Waals surface area contributed by atoms with Crippen LogP contribution in [-0.4, -0.2) is 34.5 Å². The van der Waals surface area contributed by atoms with Crippen LogP contribution in [0.25, 0.3) is 0 Å². The second-order valence-electron chi connectivity index (χ2n) is 5.72. The van der Waals surface area contributed by atoms with Crippen molar-refractivity contribution in [3.63, 3.8) is 0 Å². The van der Waals surface area contributed by atoms with E-state index < -0.39 is 11.4 Å². The quantitative estimate of drug-likeness (QED) is 0.749. The zero-order chi connectivity index (χ0) is 12.6. The maximum Gasteiger partial charge on any atom is 0.319 e. The molecule has 0 aromatic carbocycles. The van der Waals surface area contributed by atoms with Gasteiger partial charge in [0.05, 0.1) is 0 Å². The minimum atomic E-state index is -1.09. The molecule has 1 saturated heterocycles. The number of carbonyl (C=O) groups is 2. The van der Waals surface area contributed by atoms with Crippen molar-refractivity contribution in [2.75, 3.05) is 6.54 Å². The van der Waals surface area contributed by atoms with Crippen LogP contribution in [-0.2, 0) is 9.59 Å². The van der Waals surface area contributed by atoms with E-state index in [1.54, 1.807) is 4.90 Å². The molecule has 0 aromatic rings. The number of hydrogen-bond acceptors (Lipinski definition) is 2. The van der Waals surface area contributed by atoms with Crippen LogP contribution in [0.5, 0.6) is 0 Å². The molecule has 1 N–H and O–H groups in total. The lowest BCUT2D eigenvalue weighted by Gasteiger charge is -2.44. The average molecular weight is 239 g/mol. The molecule has 4 heteroatoms. The Labute approximate surface area is 102 Å². The summed E-state index contributed by atoms with van der Waals surface area (Å²) in [5, 5.41) is 9.28. The van der Waals surface area contributed by atoms with Crippen LogP contribution in [0.15, 0.2) is 0 Å². The van der Waals surface area contributed by atoms with Crippen LogP contribution in [0.2, 0.25) is 0 Å². The lowest BCUT2D eigenvalue weighted by Crippen LogP contribution is -2.56. The summed E-state index contributed by atoms with van der Waals surface area (Å²) in [6.07, 6.45) is 3.86. The van der Waals surface area contributed by atoms with Gasteiger partial charge in [0.2, 0.25) is 5.91 Å². The zero-order valence-electron chi connectivity index (χ0n) is 10.6. The van der Waals surface area contributed by atoms with Crippen molar-refractivity contribution >= 4 is 11.9 Å². The topological polar surface area (TPSA) is 57.6 Å². The highest BCUT2D eigenvalue weighted by atomic mass is 16.4. The number of aliphatic carboxylic acids is 1. The average Bonchev–Trinajstić information content (AvgIpc) is 2.14. The number of carboxylic acid groups (broad SMARTS) is 1. The summed E-state index contributed by atoms with van der Waals surface area (Å²) in [7, 11) is 0. The Morgan fingerprint density at radius 1 is 1.29 bits per heavy atom. The molecular weight excluding hydrogens is 218 g/mol. The van der Waals surface area contributed by atoms with Gasteiger partial charge >= 0.3 is 5.97 Å². The van der Waals surface area contributed by atoms with Crippen molar-refractivity contribution in [3.05, 3.63) is 0 Å². The Morgan fingerprint density at radius 2 is 1.94 bits per heavy atom. The third-order valence-corrected chi connectivity index (χ3v) is 4.43. The Hall–Kier alpha value is -1.06. The lowest BCUT2D eigenvalue weighted by atomic mass is 9.67. The lowest BCUT2D eigenvalue weighted by molar-refractivity contribution is -0.169. The monoisotopic (exact) mass is 239 g/mol. The maximum absolute atomic E-state index is 12.4. The fourth-order valence-electron chi connectivity index (χ4n) is 3.03. The molecule has 2 unspecified atom stereocenters. The number of carbonyl (C=O) groups excluding carboxylic acids is 1. The number of rotatable bonds is 2. The van der Waals surface area contributed by atoms with Gasteiger partial charge in [-0.1, -0.05) is 13.3 Å². The summed E-state index contributed by atoms with van der Waals surface area (Å²) in [5.74, 6) is -0.438. The third kappa shape index (κ3) is 1.94. The van der Waals surface area contributed by atoms with E-state index in [0.717, 1.165) is 25.8 Å². The molecular formula is C13H21NO3. The summed E-state index contributed by atoms with van der Waals surface area (Å²) < 4.78 is 0. The summed E-state index contributed by atoms with van der Waals surface area (Å²) in [6.45, 7) is 4.94.